The molecule has 7 heteroatoms. The summed E-state index contributed by atoms with van der Waals surface area (Å²) in [6.45, 7) is 3.39. The number of nitrogens with zero attached hydrogens (tertiary/aromatic N) is 1. The predicted molar refractivity (Wildman–Crippen MR) is 79.1 cm³/mol. The summed E-state index contributed by atoms with van der Waals surface area (Å²) in [7, 11) is 0. The van der Waals surface area contributed by atoms with Crippen molar-refractivity contribution in [3.8, 4) is 9.88 Å². The van der Waals surface area contributed by atoms with Crippen LogP contribution < -0.4 is 0 Å². The van der Waals surface area contributed by atoms with Gasteiger partial charge in [0.25, 0.3) is 0 Å². The van der Waals surface area contributed by atoms with Crippen LogP contribution in [0.3, 0.4) is 0 Å². The number of hydrogen-bond acceptors (Lipinski definition) is 6. The third kappa shape index (κ3) is 2.93. The third-order valence-corrected chi connectivity index (χ3v) is 5.37. The van der Waals surface area contributed by atoms with Gasteiger partial charge in [0, 0.05) is 11.4 Å². The maximum Gasteiger partial charge on any atom is 0.358 e. The summed E-state index contributed by atoms with van der Waals surface area (Å²) in [4.78, 5) is 28.9. The summed E-state index contributed by atoms with van der Waals surface area (Å²) in [6.07, 6.45) is 0. The number of halogens is 1. The number of Topliss-reactive ketones (excluding diaryl/α,β-unsaturated/α-hetero) is 1. The first-order valence-corrected chi connectivity index (χ1v) is 7.95. The summed E-state index contributed by atoms with van der Waals surface area (Å²) in [5.41, 5.74) is 0.106. The van der Waals surface area contributed by atoms with Crippen LogP contribution in [0.1, 0.15) is 34.0 Å². The highest BCUT2D eigenvalue weighted by Crippen LogP contribution is 2.37. The maximum atomic E-state index is 11.8. The lowest BCUT2D eigenvalue weighted by Gasteiger charge is -1.98. The molecule has 0 saturated heterocycles. The second-order valence-electron chi connectivity index (χ2n) is 3.57. The summed E-state index contributed by atoms with van der Waals surface area (Å²) in [5, 5.41) is 2.56. The van der Waals surface area contributed by atoms with Gasteiger partial charge >= 0.3 is 5.97 Å². The van der Waals surface area contributed by atoms with Crippen LogP contribution in [0, 0.1) is 0 Å². The molecule has 0 bridgehead atoms. The van der Waals surface area contributed by atoms with Gasteiger partial charge in [0.15, 0.2) is 11.5 Å². The van der Waals surface area contributed by atoms with Gasteiger partial charge in [-0.1, -0.05) is 0 Å². The molecule has 2 rings (SSSR count). The van der Waals surface area contributed by atoms with Gasteiger partial charge in [-0.3, -0.25) is 4.79 Å². The zero-order valence-electron chi connectivity index (χ0n) is 10.2. The summed E-state index contributed by atoms with van der Waals surface area (Å²) >= 11 is 6.13. The highest BCUT2D eigenvalue weighted by atomic mass is 79.9. The first kappa shape index (κ1) is 14.4. The molecule has 2 aromatic heterocycles. The number of ether oxygens (including phenoxy) is 1. The van der Waals surface area contributed by atoms with Crippen molar-refractivity contribution in [3.63, 3.8) is 0 Å². The summed E-state index contributed by atoms with van der Waals surface area (Å²) in [6, 6.07) is 1.90. The minimum atomic E-state index is -0.553. The van der Waals surface area contributed by atoms with E-state index in [9.17, 15) is 9.59 Å². The van der Waals surface area contributed by atoms with E-state index >= 15 is 0 Å². The van der Waals surface area contributed by atoms with Crippen LogP contribution in [0.5, 0.6) is 0 Å². The fourth-order valence-corrected chi connectivity index (χ4v) is 4.19. The van der Waals surface area contributed by atoms with Gasteiger partial charge in [-0.2, -0.15) is 0 Å². The van der Waals surface area contributed by atoms with Gasteiger partial charge in [-0.05, 0) is 34.3 Å². The molecule has 0 N–H and O–H groups in total. The van der Waals surface area contributed by atoms with Crippen LogP contribution >= 0.6 is 38.6 Å². The quantitative estimate of drug-likeness (QED) is 0.611. The Hall–Kier alpha value is -1.05. The second-order valence-corrected chi connectivity index (χ2v) is 6.34. The highest BCUT2D eigenvalue weighted by Gasteiger charge is 2.23. The van der Waals surface area contributed by atoms with Gasteiger partial charge in [-0.25, -0.2) is 9.78 Å². The molecule has 0 saturated carbocycles. The average molecular weight is 360 g/mol. The van der Waals surface area contributed by atoms with Gasteiger partial charge in [-0.15, -0.1) is 22.7 Å². The number of ketones is 1. The van der Waals surface area contributed by atoms with Crippen LogP contribution in [0.4, 0.5) is 0 Å². The van der Waals surface area contributed by atoms with E-state index < -0.39 is 5.97 Å². The maximum absolute atomic E-state index is 11.8. The lowest BCUT2D eigenvalue weighted by Crippen LogP contribution is -2.09. The molecule has 0 aliphatic heterocycles. The minimum Gasteiger partial charge on any atom is -0.461 e. The van der Waals surface area contributed by atoms with Crippen molar-refractivity contribution in [1.82, 2.24) is 4.98 Å². The third-order valence-electron chi connectivity index (χ3n) is 2.23. The molecule has 0 unspecified atom stereocenters. The van der Waals surface area contributed by atoms with Crippen molar-refractivity contribution in [3.05, 3.63) is 26.5 Å². The Bertz CT molecular complexity index is 633. The average Bonchev–Trinajstić information content (AvgIpc) is 2.94. The van der Waals surface area contributed by atoms with Crippen molar-refractivity contribution in [2.45, 2.75) is 13.8 Å². The SMILES string of the molecule is CCOC(=O)c1nc(-c2sccc2Br)sc1C(C)=O. The molecule has 0 spiro atoms. The van der Waals surface area contributed by atoms with Crippen molar-refractivity contribution in [1.29, 1.82) is 0 Å². The molecule has 0 amide bonds. The molecule has 0 radical (unpaired) electrons. The normalized spacial score (nSPS) is 10.5. The first-order valence-electron chi connectivity index (χ1n) is 5.46. The molecule has 4 nitrogen and oxygen atoms in total. The van der Waals surface area contributed by atoms with E-state index in [1.165, 1.54) is 29.6 Å². The Morgan fingerprint density at radius 1 is 1.47 bits per heavy atom. The molecule has 0 aromatic carbocycles. The Balaban J connectivity index is 2.49. The standard InChI is InChI=1S/C12H10BrNO3S2/c1-3-17-12(16)8-9(6(2)15)19-11(14-8)10-7(13)4-5-18-10/h4-5H,3H2,1-2H3. The van der Waals surface area contributed by atoms with Gasteiger partial charge < -0.3 is 4.74 Å². The largest absolute Gasteiger partial charge is 0.461 e. The van der Waals surface area contributed by atoms with E-state index in [1.54, 1.807) is 6.92 Å². The van der Waals surface area contributed by atoms with Crippen molar-refractivity contribution in [2.24, 2.45) is 0 Å². The van der Waals surface area contributed by atoms with Crippen LogP contribution in [0.2, 0.25) is 0 Å². The molecule has 0 fully saturated rings. The van der Waals surface area contributed by atoms with E-state index in [0.29, 0.717) is 9.88 Å². The number of thiophene rings is 1. The molecule has 19 heavy (non-hydrogen) atoms. The molecule has 0 atom stereocenters. The molecule has 2 aromatic rings. The number of esters is 1. The van der Waals surface area contributed by atoms with E-state index in [2.05, 4.69) is 20.9 Å². The van der Waals surface area contributed by atoms with E-state index in [-0.39, 0.29) is 18.1 Å². The van der Waals surface area contributed by atoms with Gasteiger partial charge in [0.2, 0.25) is 0 Å². The molecular weight excluding hydrogens is 350 g/mol. The van der Waals surface area contributed by atoms with E-state index in [1.807, 2.05) is 11.4 Å². The predicted octanol–water partition coefficient (Wildman–Crippen LogP) is 4.01. The number of rotatable bonds is 4. The number of carbonyl (C=O) groups is 2. The second kappa shape index (κ2) is 5.94. The van der Waals surface area contributed by atoms with Crippen molar-refractivity contribution < 1.29 is 14.3 Å². The van der Waals surface area contributed by atoms with Crippen LogP contribution in [0.15, 0.2) is 15.9 Å². The lowest BCUT2D eigenvalue weighted by molar-refractivity contribution is 0.0517. The Kier molecular flexibility index (Phi) is 4.49. The topological polar surface area (TPSA) is 56.3 Å². The Labute approximate surface area is 126 Å². The molecule has 2 heterocycles. The van der Waals surface area contributed by atoms with Gasteiger partial charge in [0.05, 0.1) is 11.5 Å². The van der Waals surface area contributed by atoms with Crippen LogP contribution in [-0.2, 0) is 4.74 Å². The van der Waals surface area contributed by atoms with E-state index in [4.69, 9.17) is 4.74 Å². The first-order chi connectivity index (χ1) is 9.04. The minimum absolute atomic E-state index is 0.106. The van der Waals surface area contributed by atoms with E-state index in [0.717, 1.165) is 9.35 Å². The smallest absolute Gasteiger partial charge is 0.358 e. The Morgan fingerprint density at radius 2 is 2.21 bits per heavy atom. The molecule has 0 aliphatic carbocycles. The highest BCUT2D eigenvalue weighted by molar-refractivity contribution is 9.10. The zero-order valence-corrected chi connectivity index (χ0v) is 13.4. The number of carbonyl (C=O) groups excluding carboxylic acids is 2. The van der Waals surface area contributed by atoms with Crippen LogP contribution in [0.25, 0.3) is 9.88 Å². The lowest BCUT2D eigenvalue weighted by atomic mass is 10.3. The molecule has 100 valence electrons. The molecule has 0 aliphatic rings. The van der Waals surface area contributed by atoms with Crippen molar-refractivity contribution >= 4 is 50.4 Å². The van der Waals surface area contributed by atoms with Crippen LogP contribution in [-0.4, -0.2) is 23.3 Å². The number of hydrogen-bond donors (Lipinski definition) is 0. The number of aromatic nitrogens is 1. The fourth-order valence-electron chi connectivity index (χ4n) is 1.44. The van der Waals surface area contributed by atoms with Gasteiger partial charge in [0.1, 0.15) is 9.88 Å². The fraction of sp³-hybridized carbons (Fsp3) is 0.250. The monoisotopic (exact) mass is 359 g/mol. The summed E-state index contributed by atoms with van der Waals surface area (Å²) < 4.78 is 5.82. The molecular formula is C12H10BrNO3S2. The van der Waals surface area contributed by atoms with Crippen molar-refractivity contribution in [2.75, 3.05) is 6.61 Å². The number of thiazole rings is 1. The summed E-state index contributed by atoms with van der Waals surface area (Å²) in [5.74, 6) is -0.734. The Morgan fingerprint density at radius 3 is 2.74 bits per heavy atom. The zero-order chi connectivity index (χ0) is 14.0.